The lowest BCUT2D eigenvalue weighted by atomic mass is 10.1. The van der Waals surface area contributed by atoms with E-state index in [9.17, 15) is 9.59 Å². The van der Waals surface area contributed by atoms with E-state index < -0.39 is 65.1 Å². The van der Waals surface area contributed by atoms with Gasteiger partial charge in [-0.2, -0.15) is 4.98 Å². The zero-order valence-electron chi connectivity index (χ0n) is 27.3. The first-order valence-electron chi connectivity index (χ1n) is 15.5. The maximum Gasteiger partial charge on any atom is 0.353 e. The number of aromatic nitrogens is 2. The third-order valence-corrected chi connectivity index (χ3v) is 17.9. The highest BCUT2D eigenvalue weighted by Gasteiger charge is 2.62. The molecule has 0 aliphatic carbocycles. The summed E-state index contributed by atoms with van der Waals surface area (Å²) in [6.45, 7) is 19.3. The molecule has 1 aliphatic heterocycles. The summed E-state index contributed by atoms with van der Waals surface area (Å²) in [5.74, 6) is -3.37. The fourth-order valence-electron chi connectivity index (χ4n) is 5.20. The maximum atomic E-state index is 17.2. The fourth-order valence-corrected chi connectivity index (χ4v) is 10.9. The van der Waals surface area contributed by atoms with Crippen molar-refractivity contribution in [2.75, 3.05) is 13.2 Å². The molecule has 0 bridgehead atoms. The molecule has 4 atom stereocenters. The standard InChI is InChI=1S/C30H53FN2O7Si2/c1-11-41(12-2,13-3)39-25-26(40-42(14-4,15-5)16-6)30(31,21-37-28(34)23(9)10)38-27(25)33-19-17-24(32-29(33)35)36-20-18-22(7)8/h17-19,23,25-27H,11-16,20-21H2,1-10H3/t25-,26+,27-,30-/m1/s1. The number of nitrogens with zero attached hydrogens (tertiary/aromatic N) is 2. The van der Waals surface area contributed by atoms with Crippen LogP contribution in [-0.2, 0) is 23.1 Å². The first kappa shape index (κ1) is 36.3. The van der Waals surface area contributed by atoms with Gasteiger partial charge in [-0.15, -0.1) is 0 Å². The Hall–Kier alpha value is -1.87. The quantitative estimate of drug-likeness (QED) is 0.106. The largest absolute Gasteiger partial charge is 0.473 e. The van der Waals surface area contributed by atoms with Gasteiger partial charge in [0.05, 0.1) is 5.92 Å². The number of hydrogen-bond donors (Lipinski definition) is 0. The Labute approximate surface area is 253 Å². The van der Waals surface area contributed by atoms with Crippen LogP contribution in [0.4, 0.5) is 4.39 Å². The molecule has 0 N–H and O–H groups in total. The Bertz CT molecular complexity index is 1090. The lowest BCUT2D eigenvalue weighted by molar-refractivity contribution is -0.215. The molecule has 0 radical (unpaired) electrons. The number of ether oxygens (including phenoxy) is 3. The average Bonchev–Trinajstić information content (AvgIpc) is 3.23. The number of hydrogen-bond acceptors (Lipinski definition) is 8. The summed E-state index contributed by atoms with van der Waals surface area (Å²) in [4.78, 5) is 29.9. The van der Waals surface area contributed by atoms with Crippen LogP contribution in [0.2, 0.25) is 36.3 Å². The van der Waals surface area contributed by atoms with Crippen LogP contribution in [0.5, 0.6) is 5.88 Å². The highest BCUT2D eigenvalue weighted by molar-refractivity contribution is 6.74. The van der Waals surface area contributed by atoms with Gasteiger partial charge < -0.3 is 23.1 Å². The number of carbonyl (C=O) groups excluding carboxylic acids is 1. The van der Waals surface area contributed by atoms with E-state index in [1.165, 1.54) is 10.8 Å². The molecule has 1 fully saturated rings. The highest BCUT2D eigenvalue weighted by atomic mass is 28.4. The van der Waals surface area contributed by atoms with Crippen molar-refractivity contribution < 1.29 is 32.2 Å². The predicted molar refractivity (Wildman–Crippen MR) is 167 cm³/mol. The van der Waals surface area contributed by atoms with Crippen molar-refractivity contribution in [2.24, 2.45) is 5.92 Å². The Morgan fingerprint density at radius 3 is 2.07 bits per heavy atom. The topological polar surface area (TPSA) is 98.1 Å². The van der Waals surface area contributed by atoms with Crippen LogP contribution in [0.15, 0.2) is 28.7 Å². The van der Waals surface area contributed by atoms with Gasteiger partial charge in [-0.25, -0.2) is 9.18 Å². The minimum absolute atomic E-state index is 0.156. The monoisotopic (exact) mass is 628 g/mol. The van der Waals surface area contributed by atoms with Crippen LogP contribution in [0.1, 0.15) is 75.5 Å². The van der Waals surface area contributed by atoms with E-state index >= 15 is 4.39 Å². The van der Waals surface area contributed by atoms with Gasteiger partial charge in [-0.05, 0) is 56.2 Å². The normalized spacial score (nSPS) is 22.8. The van der Waals surface area contributed by atoms with Crippen LogP contribution >= 0.6 is 0 Å². The Balaban J connectivity index is 2.67. The summed E-state index contributed by atoms with van der Waals surface area (Å²) in [6.07, 6.45) is 0.0381. The summed E-state index contributed by atoms with van der Waals surface area (Å²) in [5, 5.41) is 0. The van der Waals surface area contributed by atoms with Crippen molar-refractivity contribution in [3.8, 4) is 5.88 Å². The first-order valence-corrected chi connectivity index (χ1v) is 20.6. The molecule has 42 heavy (non-hydrogen) atoms. The molecule has 1 aromatic rings. The Morgan fingerprint density at radius 2 is 1.60 bits per heavy atom. The van der Waals surface area contributed by atoms with E-state index in [1.54, 1.807) is 19.9 Å². The molecule has 2 rings (SSSR count). The molecule has 1 aliphatic rings. The Morgan fingerprint density at radius 1 is 1.05 bits per heavy atom. The van der Waals surface area contributed by atoms with Crippen LogP contribution in [0.3, 0.4) is 0 Å². The van der Waals surface area contributed by atoms with E-state index in [2.05, 4.69) is 46.5 Å². The fraction of sp³-hybridized carbons (Fsp3) is 0.767. The second kappa shape index (κ2) is 15.7. The van der Waals surface area contributed by atoms with Gasteiger partial charge in [-0.3, -0.25) is 9.36 Å². The van der Waals surface area contributed by atoms with Gasteiger partial charge in [0.15, 0.2) is 29.5 Å². The lowest BCUT2D eigenvalue weighted by Crippen LogP contribution is -2.55. The van der Waals surface area contributed by atoms with Crippen LogP contribution in [-0.4, -0.2) is 63.4 Å². The van der Waals surface area contributed by atoms with E-state index in [1.807, 2.05) is 19.9 Å². The summed E-state index contributed by atoms with van der Waals surface area (Å²) in [7, 11) is -4.80. The molecular formula is C30H53FN2O7Si2. The summed E-state index contributed by atoms with van der Waals surface area (Å²) >= 11 is 0. The molecule has 0 spiro atoms. The van der Waals surface area contributed by atoms with Gasteiger partial charge in [0.2, 0.25) is 5.88 Å². The third kappa shape index (κ3) is 8.61. The Kier molecular flexibility index (Phi) is 13.6. The minimum atomic E-state index is -2.54. The first-order chi connectivity index (χ1) is 19.8. The second-order valence-electron chi connectivity index (χ2n) is 11.7. The van der Waals surface area contributed by atoms with Crippen molar-refractivity contribution in [3.63, 3.8) is 0 Å². The molecule has 1 saturated heterocycles. The number of carbonyl (C=O) groups is 1. The highest BCUT2D eigenvalue weighted by Crippen LogP contribution is 2.46. The molecule has 2 heterocycles. The van der Waals surface area contributed by atoms with E-state index in [0.717, 1.165) is 41.8 Å². The minimum Gasteiger partial charge on any atom is -0.473 e. The summed E-state index contributed by atoms with van der Waals surface area (Å²) < 4.78 is 49.4. The molecule has 240 valence electrons. The maximum absolute atomic E-state index is 17.2. The number of allylic oxidation sites excluding steroid dienone is 1. The number of esters is 1. The molecule has 0 amide bonds. The molecule has 0 aromatic carbocycles. The third-order valence-electron chi connectivity index (χ3n) is 8.63. The zero-order valence-corrected chi connectivity index (χ0v) is 29.3. The van der Waals surface area contributed by atoms with Crippen molar-refractivity contribution in [2.45, 2.75) is 130 Å². The number of rotatable bonds is 17. The van der Waals surface area contributed by atoms with Gasteiger partial charge >= 0.3 is 11.7 Å². The molecule has 12 heteroatoms. The SMILES string of the molecule is CC[Si](CC)(CC)O[C@H]1[C@H](n2ccc(OCC=C(C)C)nc2=O)O[C@](F)(COC(=O)C(C)C)[C@H]1O[Si](CC)(CC)CC. The van der Waals surface area contributed by atoms with E-state index in [0.29, 0.717) is 0 Å². The summed E-state index contributed by atoms with van der Waals surface area (Å²) in [6, 6.07) is 6.28. The van der Waals surface area contributed by atoms with Crippen molar-refractivity contribution in [1.82, 2.24) is 9.55 Å². The van der Waals surface area contributed by atoms with E-state index in [4.69, 9.17) is 23.1 Å². The van der Waals surface area contributed by atoms with Crippen molar-refractivity contribution in [1.29, 1.82) is 0 Å². The second-order valence-corrected chi connectivity index (χ2v) is 21.2. The van der Waals surface area contributed by atoms with Crippen molar-refractivity contribution in [3.05, 3.63) is 34.4 Å². The zero-order chi connectivity index (χ0) is 31.7. The van der Waals surface area contributed by atoms with Crippen LogP contribution in [0, 0.1) is 5.92 Å². The van der Waals surface area contributed by atoms with Gasteiger partial charge in [0.1, 0.15) is 18.8 Å². The smallest absolute Gasteiger partial charge is 0.353 e. The number of alkyl halides is 1. The van der Waals surface area contributed by atoms with E-state index in [-0.39, 0.29) is 12.5 Å². The molecule has 1 aromatic heterocycles. The summed E-state index contributed by atoms with van der Waals surface area (Å²) in [5.41, 5.74) is 0.416. The molecule has 0 saturated carbocycles. The van der Waals surface area contributed by atoms with Gasteiger partial charge in [-0.1, -0.05) is 61.0 Å². The van der Waals surface area contributed by atoms with Gasteiger partial charge in [0.25, 0.3) is 5.85 Å². The van der Waals surface area contributed by atoms with Crippen LogP contribution in [0.25, 0.3) is 0 Å². The molecular weight excluding hydrogens is 576 g/mol. The van der Waals surface area contributed by atoms with Gasteiger partial charge in [0, 0.05) is 12.3 Å². The molecule has 0 unspecified atom stereocenters. The van der Waals surface area contributed by atoms with Crippen molar-refractivity contribution >= 4 is 22.6 Å². The number of halogens is 1. The molecule has 9 nitrogen and oxygen atoms in total. The average molecular weight is 629 g/mol. The van der Waals surface area contributed by atoms with Crippen LogP contribution < -0.4 is 10.4 Å². The predicted octanol–water partition coefficient (Wildman–Crippen LogP) is 6.76. The lowest BCUT2D eigenvalue weighted by Gasteiger charge is -2.40.